The monoisotopic (exact) mass is 413 g/mol. The molecule has 3 aromatic carbocycles. The van der Waals surface area contributed by atoms with E-state index in [2.05, 4.69) is 5.32 Å². The second-order valence-electron chi connectivity index (χ2n) is 7.23. The van der Waals surface area contributed by atoms with Crippen LogP contribution in [0.5, 0.6) is 11.5 Å². The van der Waals surface area contributed by atoms with Crippen LogP contribution in [-0.2, 0) is 19.2 Å². The molecular weight excluding hydrogens is 391 g/mol. The van der Waals surface area contributed by atoms with E-state index in [1.807, 2.05) is 42.5 Å². The minimum Gasteiger partial charge on any atom is -0.493 e. The van der Waals surface area contributed by atoms with Gasteiger partial charge in [0, 0.05) is 6.54 Å². The number of halogens is 3. The van der Waals surface area contributed by atoms with Crippen LogP contribution in [0, 0.1) is 0 Å². The molecule has 0 bridgehead atoms. The largest absolute Gasteiger partial charge is 0.493 e. The molecule has 6 heteroatoms. The fraction of sp³-hybridized carbons (Fsp3) is 0.250. The van der Waals surface area contributed by atoms with Crippen LogP contribution >= 0.6 is 0 Å². The maximum Gasteiger partial charge on any atom is 0.416 e. The molecule has 156 valence electrons. The Morgan fingerprint density at radius 1 is 0.967 bits per heavy atom. The molecule has 0 amide bonds. The van der Waals surface area contributed by atoms with Gasteiger partial charge in [0.1, 0.15) is 6.61 Å². The molecule has 1 N–H and O–H groups in total. The third-order valence-electron chi connectivity index (χ3n) is 5.29. The van der Waals surface area contributed by atoms with E-state index >= 15 is 0 Å². The van der Waals surface area contributed by atoms with Crippen molar-refractivity contribution in [1.82, 2.24) is 5.32 Å². The summed E-state index contributed by atoms with van der Waals surface area (Å²) in [5.41, 5.74) is 3.26. The molecule has 0 aliphatic carbocycles. The van der Waals surface area contributed by atoms with E-state index in [0.29, 0.717) is 18.1 Å². The zero-order valence-corrected chi connectivity index (χ0v) is 16.5. The Labute approximate surface area is 173 Å². The molecule has 1 unspecified atom stereocenters. The van der Waals surface area contributed by atoms with E-state index in [-0.39, 0.29) is 6.04 Å². The molecular formula is C24H22F3NO2. The Morgan fingerprint density at radius 2 is 1.70 bits per heavy atom. The average molecular weight is 413 g/mol. The van der Waals surface area contributed by atoms with Crippen LogP contribution in [0.3, 0.4) is 0 Å². The lowest BCUT2D eigenvalue weighted by Crippen LogP contribution is -2.30. The van der Waals surface area contributed by atoms with Gasteiger partial charge in [-0.25, -0.2) is 0 Å². The molecule has 30 heavy (non-hydrogen) atoms. The molecule has 3 aromatic rings. The van der Waals surface area contributed by atoms with Gasteiger partial charge in [-0.15, -0.1) is 0 Å². The second-order valence-corrected chi connectivity index (χ2v) is 7.23. The highest BCUT2D eigenvalue weighted by atomic mass is 19.4. The smallest absolute Gasteiger partial charge is 0.416 e. The summed E-state index contributed by atoms with van der Waals surface area (Å²) in [7, 11) is 1.60. The number of hydrogen-bond donors (Lipinski definition) is 1. The lowest BCUT2D eigenvalue weighted by Gasteiger charge is -2.29. The lowest BCUT2D eigenvalue weighted by molar-refractivity contribution is -0.137. The molecule has 0 saturated carbocycles. The third-order valence-corrected chi connectivity index (χ3v) is 5.29. The van der Waals surface area contributed by atoms with Crippen LogP contribution < -0.4 is 14.8 Å². The fourth-order valence-electron chi connectivity index (χ4n) is 3.73. The average Bonchev–Trinajstić information content (AvgIpc) is 2.77. The van der Waals surface area contributed by atoms with Crippen molar-refractivity contribution in [3.63, 3.8) is 0 Å². The minimum absolute atomic E-state index is 0.207. The van der Waals surface area contributed by atoms with Gasteiger partial charge in [0.2, 0.25) is 0 Å². The summed E-state index contributed by atoms with van der Waals surface area (Å²) in [5.74, 6) is 1.26. The highest BCUT2D eigenvalue weighted by Crippen LogP contribution is 2.38. The van der Waals surface area contributed by atoms with Gasteiger partial charge in [0.15, 0.2) is 11.5 Å². The number of rotatable bonds is 5. The number of hydrogen-bond acceptors (Lipinski definition) is 3. The van der Waals surface area contributed by atoms with E-state index in [9.17, 15) is 13.2 Å². The zero-order chi connectivity index (χ0) is 21.1. The molecule has 0 saturated heterocycles. The summed E-state index contributed by atoms with van der Waals surface area (Å²) < 4.78 is 50.3. The Hall–Kier alpha value is -2.99. The summed E-state index contributed by atoms with van der Waals surface area (Å²) in [6.45, 7) is 1.13. The summed E-state index contributed by atoms with van der Waals surface area (Å²) in [5, 5.41) is 3.41. The van der Waals surface area contributed by atoms with Gasteiger partial charge in [0.25, 0.3) is 0 Å². The topological polar surface area (TPSA) is 30.5 Å². The predicted octanol–water partition coefficient (Wildman–Crippen LogP) is 5.53. The lowest BCUT2D eigenvalue weighted by atomic mass is 9.89. The SMILES string of the molecule is COc1cc2c(cc1OCc1ccccc1)C(c1ccc(C(F)(F)F)cc1)NCC2. The van der Waals surface area contributed by atoms with Crippen LogP contribution in [0.1, 0.15) is 33.9 Å². The highest BCUT2D eigenvalue weighted by molar-refractivity contribution is 5.52. The van der Waals surface area contributed by atoms with Crippen LogP contribution in [0.2, 0.25) is 0 Å². The van der Waals surface area contributed by atoms with Crippen molar-refractivity contribution >= 4 is 0 Å². The molecule has 3 nitrogen and oxygen atoms in total. The van der Waals surface area contributed by atoms with Gasteiger partial charge in [-0.2, -0.15) is 13.2 Å². The molecule has 0 spiro atoms. The van der Waals surface area contributed by atoms with E-state index < -0.39 is 11.7 Å². The predicted molar refractivity (Wildman–Crippen MR) is 109 cm³/mol. The summed E-state index contributed by atoms with van der Waals surface area (Å²) in [6.07, 6.45) is -3.54. The molecule has 1 aliphatic rings. The number of ether oxygens (including phenoxy) is 2. The van der Waals surface area contributed by atoms with E-state index in [4.69, 9.17) is 9.47 Å². The number of alkyl halides is 3. The van der Waals surface area contributed by atoms with Gasteiger partial charge < -0.3 is 14.8 Å². The van der Waals surface area contributed by atoms with Crippen molar-refractivity contribution in [2.24, 2.45) is 0 Å². The fourth-order valence-corrected chi connectivity index (χ4v) is 3.73. The van der Waals surface area contributed by atoms with Crippen molar-refractivity contribution in [3.05, 3.63) is 94.5 Å². The normalized spacial score (nSPS) is 16.1. The molecule has 0 radical (unpaired) electrons. The van der Waals surface area contributed by atoms with Gasteiger partial charge in [0.05, 0.1) is 18.7 Å². The molecule has 4 rings (SSSR count). The molecule has 1 heterocycles. The Balaban J connectivity index is 1.64. The number of fused-ring (bicyclic) bond motifs is 1. The number of benzene rings is 3. The van der Waals surface area contributed by atoms with E-state index in [0.717, 1.165) is 47.4 Å². The first kappa shape index (κ1) is 20.3. The molecule has 1 atom stereocenters. The van der Waals surface area contributed by atoms with E-state index in [1.165, 1.54) is 12.1 Å². The molecule has 0 aromatic heterocycles. The van der Waals surface area contributed by atoms with Crippen molar-refractivity contribution in [1.29, 1.82) is 0 Å². The van der Waals surface area contributed by atoms with Crippen LogP contribution in [0.4, 0.5) is 13.2 Å². The maximum atomic E-state index is 12.9. The second kappa shape index (κ2) is 8.40. The quantitative estimate of drug-likeness (QED) is 0.597. The van der Waals surface area contributed by atoms with Crippen molar-refractivity contribution in [3.8, 4) is 11.5 Å². The Bertz CT molecular complexity index is 1000. The summed E-state index contributed by atoms with van der Waals surface area (Å²) in [4.78, 5) is 0. The molecule has 0 fully saturated rings. The first-order chi connectivity index (χ1) is 14.5. The molecule has 1 aliphatic heterocycles. The standard InChI is InChI=1S/C24H22F3NO2/c1-29-21-13-18-11-12-28-23(17-7-9-19(10-8-17)24(25,26)27)20(18)14-22(21)30-15-16-5-3-2-4-6-16/h2-10,13-14,23,28H,11-12,15H2,1H3. The Kier molecular flexibility index (Phi) is 5.68. The summed E-state index contributed by atoms with van der Waals surface area (Å²) in [6, 6.07) is 18.8. The Morgan fingerprint density at radius 3 is 2.37 bits per heavy atom. The zero-order valence-electron chi connectivity index (χ0n) is 16.5. The van der Waals surface area contributed by atoms with Crippen molar-refractivity contribution in [2.45, 2.75) is 25.2 Å². The van der Waals surface area contributed by atoms with Crippen LogP contribution in [-0.4, -0.2) is 13.7 Å². The number of nitrogens with one attached hydrogen (secondary N) is 1. The van der Waals surface area contributed by atoms with Crippen molar-refractivity contribution < 1.29 is 22.6 Å². The van der Waals surface area contributed by atoms with Gasteiger partial charge >= 0.3 is 6.18 Å². The third kappa shape index (κ3) is 4.28. The van der Waals surface area contributed by atoms with Gasteiger partial charge in [-0.1, -0.05) is 42.5 Å². The summed E-state index contributed by atoms with van der Waals surface area (Å²) >= 11 is 0. The first-order valence-corrected chi connectivity index (χ1v) is 9.74. The maximum absolute atomic E-state index is 12.9. The van der Waals surface area contributed by atoms with Crippen molar-refractivity contribution in [2.75, 3.05) is 13.7 Å². The van der Waals surface area contributed by atoms with Gasteiger partial charge in [-0.05, 0) is 52.9 Å². The number of methoxy groups -OCH3 is 1. The highest BCUT2D eigenvalue weighted by Gasteiger charge is 2.31. The van der Waals surface area contributed by atoms with E-state index in [1.54, 1.807) is 7.11 Å². The minimum atomic E-state index is -4.34. The van der Waals surface area contributed by atoms with Crippen LogP contribution in [0.15, 0.2) is 66.7 Å². The van der Waals surface area contributed by atoms with Crippen LogP contribution in [0.25, 0.3) is 0 Å². The first-order valence-electron chi connectivity index (χ1n) is 9.74. The van der Waals surface area contributed by atoms with Gasteiger partial charge in [-0.3, -0.25) is 0 Å².